The number of hydrogen-bond acceptors (Lipinski definition) is 3. The molecule has 0 atom stereocenters. The molecule has 3 N–H and O–H groups in total. The van der Waals surface area contributed by atoms with Gasteiger partial charge >= 0.3 is 5.97 Å². The summed E-state index contributed by atoms with van der Waals surface area (Å²) in [5.74, 6) is -2.40. The highest BCUT2D eigenvalue weighted by Crippen LogP contribution is 2.13. The number of hydrogen-bond donors (Lipinski definition) is 2. The molecule has 7 heteroatoms. The average Bonchev–Trinajstić information content (AvgIpc) is 2.80. The van der Waals surface area contributed by atoms with Crippen molar-refractivity contribution in [2.75, 3.05) is 0 Å². The third kappa shape index (κ3) is 2.59. The molecule has 0 aliphatic rings. The number of nitrogens with zero attached hydrogens (tertiary/aromatic N) is 2. The van der Waals surface area contributed by atoms with Crippen molar-refractivity contribution in [3.63, 3.8) is 0 Å². The van der Waals surface area contributed by atoms with Gasteiger partial charge in [0, 0.05) is 17.3 Å². The molecule has 0 radical (unpaired) electrons. The molecule has 1 aromatic heterocycles. The van der Waals surface area contributed by atoms with E-state index in [1.165, 1.54) is 24.4 Å². The molecule has 0 saturated heterocycles. The topological polar surface area (TPSA) is 98.2 Å². The Morgan fingerprint density at radius 3 is 2.74 bits per heavy atom. The number of carbonyl (C=O) groups is 2. The van der Waals surface area contributed by atoms with E-state index in [4.69, 9.17) is 10.8 Å². The lowest BCUT2D eigenvalue weighted by molar-refractivity contribution is 0.0683. The molecule has 0 aliphatic carbocycles. The van der Waals surface area contributed by atoms with Crippen LogP contribution in [0.1, 0.15) is 26.4 Å². The van der Waals surface area contributed by atoms with Crippen LogP contribution in [-0.4, -0.2) is 26.8 Å². The molecule has 2 aromatic rings. The second-order valence-electron chi connectivity index (χ2n) is 3.85. The summed E-state index contributed by atoms with van der Waals surface area (Å²) >= 11 is 0. The zero-order valence-electron chi connectivity index (χ0n) is 9.71. The summed E-state index contributed by atoms with van der Waals surface area (Å²) in [5, 5.41) is 12.7. The highest BCUT2D eigenvalue weighted by Gasteiger charge is 2.13. The van der Waals surface area contributed by atoms with Gasteiger partial charge in [0.15, 0.2) is 0 Å². The molecule has 1 amide bonds. The van der Waals surface area contributed by atoms with Crippen molar-refractivity contribution in [2.45, 2.75) is 6.54 Å². The van der Waals surface area contributed by atoms with Crippen LogP contribution in [0.5, 0.6) is 0 Å². The van der Waals surface area contributed by atoms with Gasteiger partial charge in [-0.15, -0.1) is 0 Å². The lowest BCUT2D eigenvalue weighted by atomic mass is 10.1. The summed E-state index contributed by atoms with van der Waals surface area (Å²) in [4.78, 5) is 21.9. The quantitative estimate of drug-likeness (QED) is 0.854. The normalized spacial score (nSPS) is 10.4. The van der Waals surface area contributed by atoms with Gasteiger partial charge in [0.1, 0.15) is 11.5 Å². The van der Waals surface area contributed by atoms with Gasteiger partial charge in [-0.1, -0.05) is 0 Å². The number of rotatable bonds is 4. The standard InChI is InChI=1S/C12H10FN3O3/c13-9-2-1-7(11(14)17)5-8(9)6-16-10(12(18)19)3-4-15-16/h1-5H,6H2,(H2,14,17)(H,18,19). The molecular weight excluding hydrogens is 253 g/mol. The van der Waals surface area contributed by atoms with Crippen LogP contribution in [0, 0.1) is 5.82 Å². The Morgan fingerprint density at radius 2 is 2.11 bits per heavy atom. The molecule has 0 bridgehead atoms. The minimum atomic E-state index is -1.16. The molecule has 98 valence electrons. The molecule has 19 heavy (non-hydrogen) atoms. The molecule has 6 nitrogen and oxygen atoms in total. The third-order valence-electron chi connectivity index (χ3n) is 2.59. The molecular formula is C12H10FN3O3. The van der Waals surface area contributed by atoms with Gasteiger partial charge in [-0.25, -0.2) is 9.18 Å². The van der Waals surface area contributed by atoms with E-state index in [1.807, 2.05) is 0 Å². The van der Waals surface area contributed by atoms with Crippen molar-refractivity contribution in [3.05, 3.63) is 53.1 Å². The first-order valence-corrected chi connectivity index (χ1v) is 5.32. The van der Waals surface area contributed by atoms with Gasteiger partial charge in [-0.2, -0.15) is 5.10 Å². The fourth-order valence-corrected chi connectivity index (χ4v) is 1.65. The zero-order chi connectivity index (χ0) is 14.0. The van der Waals surface area contributed by atoms with Crippen LogP contribution in [0.15, 0.2) is 30.5 Å². The number of aromatic nitrogens is 2. The average molecular weight is 263 g/mol. The number of carbonyl (C=O) groups excluding carboxylic acids is 1. The van der Waals surface area contributed by atoms with Crippen molar-refractivity contribution in [3.8, 4) is 0 Å². The number of halogens is 1. The lowest BCUT2D eigenvalue weighted by Crippen LogP contribution is -2.14. The third-order valence-corrected chi connectivity index (χ3v) is 2.59. The van der Waals surface area contributed by atoms with E-state index in [9.17, 15) is 14.0 Å². The van der Waals surface area contributed by atoms with Gasteiger partial charge in [0.2, 0.25) is 5.91 Å². The largest absolute Gasteiger partial charge is 0.477 e. The first-order valence-electron chi connectivity index (χ1n) is 5.32. The molecule has 0 fully saturated rings. The Kier molecular flexibility index (Phi) is 3.28. The monoisotopic (exact) mass is 263 g/mol. The maximum absolute atomic E-state index is 13.6. The van der Waals surface area contributed by atoms with Crippen molar-refractivity contribution in [2.24, 2.45) is 5.73 Å². The van der Waals surface area contributed by atoms with Crippen molar-refractivity contribution < 1.29 is 19.1 Å². The van der Waals surface area contributed by atoms with Crippen LogP contribution in [0.3, 0.4) is 0 Å². The number of primary amides is 1. The van der Waals surface area contributed by atoms with Crippen LogP contribution < -0.4 is 5.73 Å². The van der Waals surface area contributed by atoms with E-state index in [0.29, 0.717) is 0 Å². The lowest BCUT2D eigenvalue weighted by Gasteiger charge is -2.07. The van der Waals surface area contributed by atoms with Crippen molar-refractivity contribution >= 4 is 11.9 Å². The van der Waals surface area contributed by atoms with Crippen LogP contribution in [0.2, 0.25) is 0 Å². The number of aromatic carboxylic acids is 1. The fourth-order valence-electron chi connectivity index (χ4n) is 1.65. The summed E-state index contributed by atoms with van der Waals surface area (Å²) in [6, 6.07) is 4.96. The Balaban J connectivity index is 2.37. The number of carboxylic acids is 1. The number of benzene rings is 1. The van der Waals surface area contributed by atoms with E-state index < -0.39 is 17.7 Å². The molecule has 1 heterocycles. The van der Waals surface area contributed by atoms with E-state index in [1.54, 1.807) is 0 Å². The van der Waals surface area contributed by atoms with Gasteiger partial charge in [0.05, 0.1) is 6.54 Å². The highest BCUT2D eigenvalue weighted by molar-refractivity contribution is 5.92. The first kappa shape index (κ1) is 12.7. The molecule has 0 unspecified atom stereocenters. The van der Waals surface area contributed by atoms with Crippen LogP contribution in [0.4, 0.5) is 4.39 Å². The highest BCUT2D eigenvalue weighted by atomic mass is 19.1. The number of nitrogens with two attached hydrogens (primary N) is 1. The van der Waals surface area contributed by atoms with Gasteiger partial charge in [-0.3, -0.25) is 9.48 Å². The summed E-state index contributed by atoms with van der Waals surface area (Å²) in [6.07, 6.45) is 1.30. The van der Waals surface area contributed by atoms with E-state index in [-0.39, 0.29) is 23.4 Å². The summed E-state index contributed by atoms with van der Waals surface area (Å²) in [5.41, 5.74) is 5.33. The van der Waals surface area contributed by atoms with Crippen LogP contribution in [0.25, 0.3) is 0 Å². The fraction of sp³-hybridized carbons (Fsp3) is 0.0833. The predicted octanol–water partition coefficient (Wildman–Crippen LogP) is 0.868. The molecule has 0 aliphatic heterocycles. The van der Waals surface area contributed by atoms with Crippen molar-refractivity contribution in [1.82, 2.24) is 9.78 Å². The Bertz CT molecular complexity index is 651. The summed E-state index contributed by atoms with van der Waals surface area (Å²) in [6.45, 7) is -0.0956. The maximum Gasteiger partial charge on any atom is 0.354 e. The SMILES string of the molecule is NC(=O)c1ccc(F)c(Cn2nccc2C(=O)O)c1. The predicted molar refractivity (Wildman–Crippen MR) is 63.2 cm³/mol. The Hall–Kier alpha value is -2.70. The van der Waals surface area contributed by atoms with Gasteiger partial charge in [-0.05, 0) is 24.3 Å². The minimum absolute atomic E-state index is 0.0659. The van der Waals surface area contributed by atoms with Gasteiger partial charge < -0.3 is 10.8 Å². The van der Waals surface area contributed by atoms with E-state index in [2.05, 4.69) is 5.10 Å². The first-order chi connectivity index (χ1) is 8.99. The second-order valence-corrected chi connectivity index (χ2v) is 3.85. The van der Waals surface area contributed by atoms with E-state index in [0.717, 1.165) is 10.7 Å². The van der Waals surface area contributed by atoms with Crippen LogP contribution in [-0.2, 0) is 6.54 Å². The minimum Gasteiger partial charge on any atom is -0.477 e. The molecule has 0 saturated carbocycles. The number of amides is 1. The molecule has 0 spiro atoms. The Labute approximate surface area is 107 Å². The summed E-state index contributed by atoms with van der Waals surface area (Å²) < 4.78 is 14.7. The van der Waals surface area contributed by atoms with Gasteiger partial charge in [0.25, 0.3) is 0 Å². The zero-order valence-corrected chi connectivity index (χ0v) is 9.71. The molecule has 2 rings (SSSR count). The van der Waals surface area contributed by atoms with Crippen molar-refractivity contribution in [1.29, 1.82) is 0 Å². The summed E-state index contributed by atoms with van der Waals surface area (Å²) in [7, 11) is 0. The maximum atomic E-state index is 13.6. The number of carboxylic acid groups (broad SMARTS) is 1. The second kappa shape index (κ2) is 4.89. The Morgan fingerprint density at radius 1 is 1.37 bits per heavy atom. The van der Waals surface area contributed by atoms with Crippen LogP contribution >= 0.6 is 0 Å². The molecule has 1 aromatic carbocycles. The smallest absolute Gasteiger partial charge is 0.354 e. The van der Waals surface area contributed by atoms with E-state index >= 15 is 0 Å².